The Balaban J connectivity index is 1.65. The third-order valence-corrected chi connectivity index (χ3v) is 6.29. The van der Waals surface area contributed by atoms with Crippen LogP contribution in [0.5, 0.6) is 0 Å². The topological polar surface area (TPSA) is 108 Å². The van der Waals surface area contributed by atoms with Crippen molar-refractivity contribution in [2.24, 2.45) is 5.73 Å². The lowest BCUT2D eigenvalue weighted by atomic mass is 9.78. The predicted octanol–water partition coefficient (Wildman–Crippen LogP) is 3.18. The molecule has 2 amide bonds. The number of benzene rings is 2. The summed E-state index contributed by atoms with van der Waals surface area (Å²) >= 11 is 6.35. The highest BCUT2D eigenvalue weighted by Gasteiger charge is 2.51. The summed E-state index contributed by atoms with van der Waals surface area (Å²) in [4.78, 5) is 24.9. The third-order valence-electron chi connectivity index (χ3n) is 5.96. The minimum Gasteiger partial charge on any atom is -0.399 e. The molecule has 1 aliphatic rings. The fourth-order valence-corrected chi connectivity index (χ4v) is 3.59. The summed E-state index contributed by atoms with van der Waals surface area (Å²) in [6.07, 6.45) is 0. The molecule has 0 aliphatic carbocycles. The average molecular weight is 467 g/mol. The lowest BCUT2D eigenvalue weighted by Crippen LogP contribution is -2.41. The zero-order valence-electron chi connectivity index (χ0n) is 18.8. The first-order valence-electron chi connectivity index (χ1n) is 10.4. The van der Waals surface area contributed by atoms with Gasteiger partial charge >= 0.3 is 7.12 Å². The van der Waals surface area contributed by atoms with Gasteiger partial charge in [0.1, 0.15) is 5.82 Å². The summed E-state index contributed by atoms with van der Waals surface area (Å²) in [5.74, 6) is -0.912. The standard InChI is InChI=1S/C23H24BClN4O4/c1-22(2)23(3,4)33-24(32-22)14-10-11-17(25)16(12-14)21(31)27-19-13-18(20(26)30)28-29(19)15-8-6-5-7-9-15/h5-13H,1-4H3,(H2,26,30)(H,27,31). The number of aromatic nitrogens is 2. The summed E-state index contributed by atoms with van der Waals surface area (Å²) in [5.41, 5.74) is 5.92. The number of para-hydroxylation sites is 1. The Morgan fingerprint density at radius 1 is 1.03 bits per heavy atom. The second-order valence-electron chi connectivity index (χ2n) is 8.81. The van der Waals surface area contributed by atoms with Crippen LogP contribution in [-0.2, 0) is 9.31 Å². The van der Waals surface area contributed by atoms with E-state index >= 15 is 0 Å². The number of nitrogens with zero attached hydrogens (tertiary/aromatic N) is 2. The maximum atomic E-state index is 13.2. The Hall–Kier alpha value is -3.14. The molecule has 0 bridgehead atoms. The number of hydrogen-bond acceptors (Lipinski definition) is 5. The molecular weight excluding hydrogens is 443 g/mol. The highest BCUT2D eigenvalue weighted by atomic mass is 35.5. The smallest absolute Gasteiger partial charge is 0.399 e. The molecule has 33 heavy (non-hydrogen) atoms. The molecule has 3 N–H and O–H groups in total. The van der Waals surface area contributed by atoms with Crippen LogP contribution in [0.25, 0.3) is 5.69 Å². The van der Waals surface area contributed by atoms with Crippen molar-refractivity contribution in [3.05, 3.63) is 70.9 Å². The Labute approximate surface area is 197 Å². The molecule has 3 aromatic rings. The number of rotatable bonds is 5. The largest absolute Gasteiger partial charge is 0.494 e. The first-order valence-corrected chi connectivity index (χ1v) is 10.8. The van der Waals surface area contributed by atoms with Crippen molar-refractivity contribution in [1.29, 1.82) is 0 Å². The van der Waals surface area contributed by atoms with Gasteiger partial charge in [0.15, 0.2) is 5.69 Å². The summed E-state index contributed by atoms with van der Waals surface area (Å²) in [5, 5.41) is 7.25. The van der Waals surface area contributed by atoms with Crippen LogP contribution in [0.15, 0.2) is 54.6 Å². The first kappa shape index (κ1) is 23.0. The van der Waals surface area contributed by atoms with Crippen molar-refractivity contribution in [3.8, 4) is 5.69 Å². The van der Waals surface area contributed by atoms with E-state index in [0.29, 0.717) is 11.2 Å². The predicted molar refractivity (Wildman–Crippen MR) is 127 cm³/mol. The molecule has 1 aliphatic heterocycles. The number of amides is 2. The maximum Gasteiger partial charge on any atom is 0.494 e. The molecule has 2 aromatic carbocycles. The van der Waals surface area contributed by atoms with E-state index in [1.807, 2.05) is 45.9 Å². The van der Waals surface area contributed by atoms with E-state index in [1.165, 1.54) is 10.7 Å². The summed E-state index contributed by atoms with van der Waals surface area (Å²) in [6, 6.07) is 15.5. The molecule has 0 spiro atoms. The number of carbonyl (C=O) groups excluding carboxylic acids is 2. The molecule has 170 valence electrons. The van der Waals surface area contributed by atoms with Crippen LogP contribution in [0.1, 0.15) is 48.5 Å². The Bertz CT molecular complexity index is 1210. The van der Waals surface area contributed by atoms with E-state index in [2.05, 4.69) is 10.4 Å². The van der Waals surface area contributed by atoms with Crippen LogP contribution in [0.3, 0.4) is 0 Å². The molecule has 4 rings (SSSR count). The zero-order valence-corrected chi connectivity index (χ0v) is 19.5. The van der Waals surface area contributed by atoms with E-state index in [9.17, 15) is 9.59 Å². The first-order chi connectivity index (χ1) is 15.5. The Kier molecular flexibility index (Phi) is 5.82. The molecule has 0 radical (unpaired) electrons. The van der Waals surface area contributed by atoms with E-state index in [0.717, 1.165) is 0 Å². The molecule has 1 aromatic heterocycles. The Morgan fingerprint density at radius 2 is 1.67 bits per heavy atom. The minimum absolute atomic E-state index is 0.0196. The monoisotopic (exact) mass is 466 g/mol. The Morgan fingerprint density at radius 3 is 2.27 bits per heavy atom. The van der Waals surface area contributed by atoms with Crippen LogP contribution >= 0.6 is 11.6 Å². The number of hydrogen-bond donors (Lipinski definition) is 2. The van der Waals surface area contributed by atoms with Gasteiger partial charge in [-0.25, -0.2) is 4.68 Å². The van der Waals surface area contributed by atoms with Crippen LogP contribution < -0.4 is 16.5 Å². The lowest BCUT2D eigenvalue weighted by Gasteiger charge is -2.32. The van der Waals surface area contributed by atoms with Crippen molar-refractivity contribution in [2.75, 3.05) is 5.32 Å². The number of nitrogens with two attached hydrogens (primary N) is 1. The second-order valence-corrected chi connectivity index (χ2v) is 9.22. The van der Waals surface area contributed by atoms with E-state index in [1.54, 1.807) is 30.3 Å². The van der Waals surface area contributed by atoms with Crippen LogP contribution in [-0.4, -0.2) is 39.9 Å². The lowest BCUT2D eigenvalue weighted by molar-refractivity contribution is 0.00578. The normalized spacial score (nSPS) is 16.6. The van der Waals surface area contributed by atoms with Crippen molar-refractivity contribution >= 4 is 41.8 Å². The van der Waals surface area contributed by atoms with E-state index < -0.39 is 30.1 Å². The van der Waals surface area contributed by atoms with Gasteiger partial charge in [-0.1, -0.05) is 35.9 Å². The fourth-order valence-electron chi connectivity index (χ4n) is 3.38. The number of halogens is 1. The fraction of sp³-hybridized carbons (Fsp3) is 0.261. The molecule has 1 saturated heterocycles. The molecule has 10 heteroatoms. The quantitative estimate of drug-likeness (QED) is 0.561. The molecule has 2 heterocycles. The molecule has 0 unspecified atom stereocenters. The SMILES string of the molecule is CC1(C)OB(c2ccc(Cl)c(C(=O)Nc3cc(C(N)=O)nn3-c3ccccc3)c2)OC1(C)C. The van der Waals surface area contributed by atoms with Gasteiger partial charge in [0.2, 0.25) is 0 Å². The van der Waals surface area contributed by atoms with Gasteiger partial charge in [-0.15, -0.1) is 0 Å². The maximum absolute atomic E-state index is 13.2. The van der Waals surface area contributed by atoms with Crippen molar-refractivity contribution in [2.45, 2.75) is 38.9 Å². The van der Waals surface area contributed by atoms with Gasteiger partial charge in [0.25, 0.3) is 11.8 Å². The van der Waals surface area contributed by atoms with Crippen LogP contribution in [0.2, 0.25) is 5.02 Å². The zero-order chi connectivity index (χ0) is 24.0. The van der Waals surface area contributed by atoms with E-state index in [4.69, 9.17) is 26.6 Å². The average Bonchev–Trinajstić information content (AvgIpc) is 3.26. The highest BCUT2D eigenvalue weighted by Crippen LogP contribution is 2.36. The molecule has 0 saturated carbocycles. The number of anilines is 1. The van der Waals surface area contributed by atoms with Crippen molar-refractivity contribution < 1.29 is 18.9 Å². The van der Waals surface area contributed by atoms with Gasteiger partial charge in [-0.05, 0) is 57.4 Å². The second kappa shape index (κ2) is 8.33. The summed E-state index contributed by atoms with van der Waals surface area (Å²) in [7, 11) is -0.643. The van der Waals surface area contributed by atoms with Gasteiger partial charge in [-0.2, -0.15) is 5.10 Å². The molecule has 8 nitrogen and oxygen atoms in total. The van der Waals surface area contributed by atoms with Gasteiger partial charge in [0.05, 0.1) is 27.5 Å². The van der Waals surface area contributed by atoms with E-state index in [-0.39, 0.29) is 22.1 Å². The molecular formula is C23H24BClN4O4. The number of primary amides is 1. The highest BCUT2D eigenvalue weighted by molar-refractivity contribution is 6.62. The van der Waals surface area contributed by atoms with Gasteiger partial charge < -0.3 is 20.4 Å². The summed E-state index contributed by atoms with van der Waals surface area (Å²) < 4.78 is 13.6. The number of carbonyl (C=O) groups is 2. The third kappa shape index (κ3) is 4.39. The van der Waals surface area contributed by atoms with Crippen molar-refractivity contribution in [1.82, 2.24) is 9.78 Å². The molecule has 0 atom stereocenters. The molecule has 1 fully saturated rings. The van der Waals surface area contributed by atoms with Crippen LogP contribution in [0, 0.1) is 0 Å². The number of nitrogens with one attached hydrogen (secondary N) is 1. The minimum atomic E-state index is -0.707. The van der Waals surface area contributed by atoms with Crippen molar-refractivity contribution in [3.63, 3.8) is 0 Å². The van der Waals surface area contributed by atoms with Gasteiger partial charge in [-0.3, -0.25) is 9.59 Å². The van der Waals surface area contributed by atoms with Crippen LogP contribution in [0.4, 0.5) is 5.82 Å². The van der Waals surface area contributed by atoms with Gasteiger partial charge in [0, 0.05) is 6.07 Å². The summed E-state index contributed by atoms with van der Waals surface area (Å²) in [6.45, 7) is 7.82.